The average molecular weight is 260 g/mol. The summed E-state index contributed by atoms with van der Waals surface area (Å²) >= 11 is 7.20. The third-order valence-electron chi connectivity index (χ3n) is 4.06. The fourth-order valence-corrected chi connectivity index (χ4v) is 3.29. The minimum atomic E-state index is 0.548. The van der Waals surface area contributed by atoms with E-state index in [-0.39, 0.29) is 0 Å². The zero-order valence-corrected chi connectivity index (χ0v) is 11.4. The molecule has 0 aromatic carbocycles. The van der Waals surface area contributed by atoms with Crippen LogP contribution in [0.4, 0.5) is 5.82 Å². The van der Waals surface area contributed by atoms with E-state index in [1.165, 1.54) is 37.4 Å². The predicted molar refractivity (Wildman–Crippen MR) is 69.4 cm³/mol. The first-order valence-corrected chi connectivity index (χ1v) is 7.04. The van der Waals surface area contributed by atoms with E-state index in [0.29, 0.717) is 10.6 Å². The van der Waals surface area contributed by atoms with Crippen LogP contribution in [0, 0.1) is 5.41 Å². The highest BCUT2D eigenvalue weighted by atomic mass is 35.5. The first kappa shape index (κ1) is 12.1. The van der Waals surface area contributed by atoms with Crippen LogP contribution in [-0.2, 0) is 0 Å². The molecule has 1 aliphatic rings. The second-order valence-electron chi connectivity index (χ2n) is 4.57. The quantitative estimate of drug-likeness (QED) is 0.831. The van der Waals surface area contributed by atoms with Crippen LogP contribution in [0.3, 0.4) is 0 Å². The van der Waals surface area contributed by atoms with E-state index in [0.717, 1.165) is 18.9 Å². The Morgan fingerprint density at radius 3 is 2.31 bits per heavy atom. The molecule has 1 saturated heterocycles. The molecule has 0 bridgehead atoms. The number of piperidine rings is 1. The molecular formula is C11H18ClN3S. The van der Waals surface area contributed by atoms with E-state index in [2.05, 4.69) is 27.5 Å². The summed E-state index contributed by atoms with van der Waals surface area (Å²) in [6, 6.07) is 0. The van der Waals surface area contributed by atoms with Crippen molar-refractivity contribution in [1.29, 1.82) is 0 Å². The molecule has 0 unspecified atom stereocenters. The van der Waals surface area contributed by atoms with Gasteiger partial charge in [0.25, 0.3) is 0 Å². The van der Waals surface area contributed by atoms with Gasteiger partial charge >= 0.3 is 0 Å². The van der Waals surface area contributed by atoms with E-state index in [9.17, 15) is 0 Å². The fourth-order valence-electron chi connectivity index (χ4n) is 2.51. The molecule has 0 aliphatic carbocycles. The molecule has 3 nitrogen and oxygen atoms in total. The van der Waals surface area contributed by atoms with Crippen LogP contribution in [0.5, 0.6) is 0 Å². The Balaban J connectivity index is 2.03. The summed E-state index contributed by atoms with van der Waals surface area (Å²) in [5.41, 5.74) is 0.548. The average Bonchev–Trinajstić information content (AvgIpc) is 2.76. The summed E-state index contributed by atoms with van der Waals surface area (Å²) in [4.78, 5) is 2.27. The van der Waals surface area contributed by atoms with Crippen molar-refractivity contribution in [2.75, 3.05) is 18.0 Å². The Bertz CT molecular complexity index is 339. The van der Waals surface area contributed by atoms with Crippen molar-refractivity contribution < 1.29 is 0 Å². The molecular weight excluding hydrogens is 242 g/mol. The van der Waals surface area contributed by atoms with Crippen LogP contribution in [-0.4, -0.2) is 21.8 Å². The van der Waals surface area contributed by atoms with Crippen LogP contribution in [0.15, 0.2) is 0 Å². The molecule has 1 aromatic heterocycles. The molecule has 0 atom stereocenters. The van der Waals surface area contributed by atoms with Gasteiger partial charge in [0, 0.05) is 13.1 Å². The van der Waals surface area contributed by atoms with Crippen molar-refractivity contribution in [3.8, 4) is 0 Å². The third kappa shape index (κ3) is 2.18. The first-order chi connectivity index (χ1) is 7.71. The van der Waals surface area contributed by atoms with Crippen LogP contribution in [0.25, 0.3) is 0 Å². The van der Waals surface area contributed by atoms with Gasteiger partial charge in [-0.1, -0.05) is 38.3 Å². The highest BCUT2D eigenvalue weighted by molar-refractivity contribution is 6.99. The van der Waals surface area contributed by atoms with Gasteiger partial charge in [-0.3, -0.25) is 0 Å². The Morgan fingerprint density at radius 2 is 1.88 bits per heavy atom. The molecule has 0 radical (unpaired) electrons. The number of hydrogen-bond donors (Lipinski definition) is 0. The van der Waals surface area contributed by atoms with Gasteiger partial charge < -0.3 is 4.90 Å². The van der Waals surface area contributed by atoms with Gasteiger partial charge in [0.15, 0.2) is 11.0 Å². The molecule has 90 valence electrons. The lowest BCUT2D eigenvalue weighted by Gasteiger charge is -2.41. The van der Waals surface area contributed by atoms with Crippen LogP contribution < -0.4 is 4.90 Å². The Kier molecular flexibility index (Phi) is 3.70. The summed E-state index contributed by atoms with van der Waals surface area (Å²) in [7, 11) is 0. The Morgan fingerprint density at radius 1 is 1.25 bits per heavy atom. The zero-order chi connectivity index (χ0) is 11.6. The van der Waals surface area contributed by atoms with Gasteiger partial charge in [-0.15, -0.1) is 0 Å². The number of aromatic nitrogens is 2. The third-order valence-corrected chi connectivity index (χ3v) is 4.93. The molecule has 16 heavy (non-hydrogen) atoms. The lowest BCUT2D eigenvalue weighted by Crippen LogP contribution is -2.39. The number of halogens is 1. The highest BCUT2D eigenvalue weighted by Crippen LogP contribution is 2.39. The van der Waals surface area contributed by atoms with Gasteiger partial charge in [0.2, 0.25) is 0 Å². The van der Waals surface area contributed by atoms with Gasteiger partial charge in [-0.25, -0.2) is 0 Å². The maximum absolute atomic E-state index is 6.01. The van der Waals surface area contributed by atoms with E-state index in [4.69, 9.17) is 11.6 Å². The standard InChI is InChI=1S/C11H18ClN3S/c1-3-11(4-2)5-7-15(8-6-11)10-9(12)13-16-14-10/h3-8H2,1-2H3. The molecule has 5 heteroatoms. The van der Waals surface area contributed by atoms with Gasteiger partial charge in [-0.2, -0.15) is 8.75 Å². The molecule has 0 saturated carbocycles. The lowest BCUT2D eigenvalue weighted by atomic mass is 9.74. The number of rotatable bonds is 3. The maximum Gasteiger partial charge on any atom is 0.187 e. The number of anilines is 1. The highest BCUT2D eigenvalue weighted by Gasteiger charge is 2.32. The minimum Gasteiger partial charge on any atom is -0.353 e. The molecule has 0 spiro atoms. The van der Waals surface area contributed by atoms with E-state index < -0.39 is 0 Å². The van der Waals surface area contributed by atoms with Crippen molar-refractivity contribution >= 4 is 29.1 Å². The second kappa shape index (κ2) is 4.88. The fraction of sp³-hybridized carbons (Fsp3) is 0.818. The van der Waals surface area contributed by atoms with Crippen LogP contribution >= 0.6 is 23.3 Å². The number of hydrogen-bond acceptors (Lipinski definition) is 4. The maximum atomic E-state index is 6.01. The van der Waals surface area contributed by atoms with Crippen molar-refractivity contribution in [2.24, 2.45) is 5.41 Å². The largest absolute Gasteiger partial charge is 0.353 e. The Labute approximate surface area is 106 Å². The molecule has 2 heterocycles. The van der Waals surface area contributed by atoms with E-state index >= 15 is 0 Å². The Hall–Kier alpha value is -0.350. The van der Waals surface area contributed by atoms with E-state index in [1.807, 2.05) is 0 Å². The minimum absolute atomic E-state index is 0.548. The lowest BCUT2D eigenvalue weighted by molar-refractivity contribution is 0.199. The smallest absolute Gasteiger partial charge is 0.187 e. The van der Waals surface area contributed by atoms with E-state index in [1.54, 1.807) is 0 Å². The summed E-state index contributed by atoms with van der Waals surface area (Å²) in [5.74, 6) is 0.882. The first-order valence-electron chi connectivity index (χ1n) is 5.94. The predicted octanol–water partition coefficient (Wildman–Crippen LogP) is 3.60. The van der Waals surface area contributed by atoms with Gasteiger partial charge in [-0.05, 0) is 18.3 Å². The summed E-state index contributed by atoms with van der Waals surface area (Å²) < 4.78 is 8.29. The molecule has 0 amide bonds. The van der Waals surface area contributed by atoms with Crippen molar-refractivity contribution in [1.82, 2.24) is 8.75 Å². The number of nitrogens with zero attached hydrogens (tertiary/aromatic N) is 3. The van der Waals surface area contributed by atoms with Crippen molar-refractivity contribution in [3.05, 3.63) is 5.15 Å². The van der Waals surface area contributed by atoms with Crippen LogP contribution in [0.2, 0.25) is 5.15 Å². The molecule has 0 N–H and O–H groups in total. The molecule has 1 aromatic rings. The van der Waals surface area contributed by atoms with Gasteiger partial charge in [0.05, 0.1) is 11.7 Å². The second-order valence-corrected chi connectivity index (χ2v) is 5.46. The van der Waals surface area contributed by atoms with Crippen molar-refractivity contribution in [2.45, 2.75) is 39.5 Å². The molecule has 1 fully saturated rings. The molecule has 2 rings (SSSR count). The normalized spacial score (nSPS) is 20.1. The summed E-state index contributed by atoms with van der Waals surface area (Å²) in [6.45, 7) is 6.73. The SMILES string of the molecule is CCC1(CC)CCN(c2nsnc2Cl)CC1. The molecule has 1 aliphatic heterocycles. The zero-order valence-electron chi connectivity index (χ0n) is 9.87. The van der Waals surface area contributed by atoms with Gasteiger partial charge in [0.1, 0.15) is 0 Å². The topological polar surface area (TPSA) is 29.0 Å². The van der Waals surface area contributed by atoms with Crippen molar-refractivity contribution in [3.63, 3.8) is 0 Å². The monoisotopic (exact) mass is 259 g/mol. The van der Waals surface area contributed by atoms with Crippen LogP contribution in [0.1, 0.15) is 39.5 Å². The summed E-state index contributed by atoms with van der Waals surface area (Å²) in [5, 5.41) is 0.561. The summed E-state index contributed by atoms with van der Waals surface area (Å²) in [6.07, 6.45) is 5.04.